The van der Waals surface area contributed by atoms with Crippen molar-refractivity contribution in [1.82, 2.24) is 4.98 Å². The Bertz CT molecular complexity index is 751. The lowest BCUT2D eigenvalue weighted by Gasteiger charge is -2.09. The maximum Gasteiger partial charge on any atom is 0.128 e. The fourth-order valence-corrected chi connectivity index (χ4v) is 2.12. The number of benzene rings is 2. The van der Waals surface area contributed by atoms with Crippen LogP contribution in [0.1, 0.15) is 5.56 Å². The summed E-state index contributed by atoms with van der Waals surface area (Å²) in [5.41, 5.74) is 1.90. The molecule has 0 atom stereocenters. The van der Waals surface area contributed by atoms with E-state index in [9.17, 15) is 8.78 Å². The van der Waals surface area contributed by atoms with Gasteiger partial charge < -0.3 is 5.32 Å². The third kappa shape index (κ3) is 2.45. The van der Waals surface area contributed by atoms with Crippen molar-refractivity contribution >= 4 is 16.6 Å². The first-order valence-electron chi connectivity index (χ1n) is 6.25. The second-order valence-electron chi connectivity index (χ2n) is 4.47. The molecule has 0 aliphatic carbocycles. The van der Waals surface area contributed by atoms with Gasteiger partial charge in [-0.05, 0) is 30.3 Å². The zero-order valence-corrected chi connectivity index (χ0v) is 10.6. The molecule has 3 aromatic rings. The third-order valence-electron chi connectivity index (χ3n) is 3.11. The van der Waals surface area contributed by atoms with Crippen LogP contribution in [0, 0.1) is 11.6 Å². The Morgan fingerprint density at radius 2 is 1.85 bits per heavy atom. The molecule has 0 fully saturated rings. The number of anilines is 1. The molecule has 0 bridgehead atoms. The second kappa shape index (κ2) is 5.25. The number of pyridine rings is 1. The van der Waals surface area contributed by atoms with Gasteiger partial charge in [-0.1, -0.05) is 18.2 Å². The molecular weight excluding hydrogens is 258 g/mol. The monoisotopic (exact) mass is 270 g/mol. The van der Waals surface area contributed by atoms with Crippen molar-refractivity contribution in [3.05, 3.63) is 71.9 Å². The molecule has 0 amide bonds. The van der Waals surface area contributed by atoms with E-state index in [-0.39, 0.29) is 12.1 Å². The number of fused-ring (bicyclic) bond motifs is 1. The van der Waals surface area contributed by atoms with E-state index in [4.69, 9.17) is 0 Å². The largest absolute Gasteiger partial charge is 0.379 e. The summed E-state index contributed by atoms with van der Waals surface area (Å²) in [7, 11) is 0. The SMILES string of the molecule is Fc1ccc(F)c(CNc2cccc3cccnc23)c1. The van der Waals surface area contributed by atoms with Gasteiger partial charge in [-0.25, -0.2) is 8.78 Å². The first-order valence-corrected chi connectivity index (χ1v) is 6.25. The molecule has 0 saturated heterocycles. The van der Waals surface area contributed by atoms with Gasteiger partial charge in [-0.2, -0.15) is 0 Å². The Labute approximate surface area is 115 Å². The molecule has 4 heteroatoms. The fourth-order valence-electron chi connectivity index (χ4n) is 2.12. The van der Waals surface area contributed by atoms with Gasteiger partial charge in [0.2, 0.25) is 0 Å². The standard InChI is InChI=1S/C16H12F2N2/c17-13-6-7-14(18)12(9-13)10-20-15-5-1-3-11-4-2-8-19-16(11)15/h1-9,20H,10H2. The topological polar surface area (TPSA) is 24.9 Å². The third-order valence-corrected chi connectivity index (χ3v) is 3.11. The summed E-state index contributed by atoms with van der Waals surface area (Å²) in [6.45, 7) is 0.208. The molecule has 100 valence electrons. The number of hydrogen-bond acceptors (Lipinski definition) is 2. The number of nitrogens with one attached hydrogen (secondary N) is 1. The minimum atomic E-state index is -0.445. The van der Waals surface area contributed by atoms with Gasteiger partial charge in [0.15, 0.2) is 0 Å². The Balaban J connectivity index is 1.89. The van der Waals surface area contributed by atoms with E-state index in [0.717, 1.165) is 28.7 Å². The van der Waals surface area contributed by atoms with Crippen molar-refractivity contribution in [2.24, 2.45) is 0 Å². The van der Waals surface area contributed by atoms with E-state index in [1.807, 2.05) is 30.3 Å². The van der Waals surface area contributed by atoms with Crippen molar-refractivity contribution in [3.63, 3.8) is 0 Å². The molecule has 2 nitrogen and oxygen atoms in total. The van der Waals surface area contributed by atoms with E-state index in [1.165, 1.54) is 6.07 Å². The molecule has 3 rings (SSSR count). The smallest absolute Gasteiger partial charge is 0.128 e. The summed E-state index contributed by atoms with van der Waals surface area (Å²) < 4.78 is 26.7. The highest BCUT2D eigenvalue weighted by Crippen LogP contribution is 2.21. The number of para-hydroxylation sites is 1. The van der Waals surface area contributed by atoms with Crippen LogP contribution in [0.2, 0.25) is 0 Å². The predicted molar refractivity (Wildman–Crippen MR) is 75.4 cm³/mol. The van der Waals surface area contributed by atoms with Crippen LogP contribution in [-0.2, 0) is 6.54 Å². The number of aromatic nitrogens is 1. The molecular formula is C16H12F2N2. The summed E-state index contributed by atoms with van der Waals surface area (Å²) in [6, 6.07) is 13.0. The molecule has 0 aliphatic rings. The molecule has 1 aromatic heterocycles. The van der Waals surface area contributed by atoms with E-state index < -0.39 is 11.6 Å². The van der Waals surface area contributed by atoms with E-state index in [2.05, 4.69) is 10.3 Å². The number of rotatable bonds is 3. The molecule has 1 heterocycles. The molecule has 2 aromatic carbocycles. The van der Waals surface area contributed by atoms with Crippen LogP contribution in [0.25, 0.3) is 10.9 Å². The van der Waals surface area contributed by atoms with Crippen molar-refractivity contribution in [2.45, 2.75) is 6.54 Å². The molecule has 0 radical (unpaired) electrons. The number of halogens is 2. The highest BCUT2D eigenvalue weighted by atomic mass is 19.1. The van der Waals surface area contributed by atoms with Crippen molar-refractivity contribution < 1.29 is 8.78 Å². The Morgan fingerprint density at radius 3 is 2.75 bits per heavy atom. The average molecular weight is 270 g/mol. The van der Waals surface area contributed by atoms with Gasteiger partial charge in [0.25, 0.3) is 0 Å². The average Bonchev–Trinajstić information content (AvgIpc) is 2.48. The predicted octanol–water partition coefficient (Wildman–Crippen LogP) is 4.13. The van der Waals surface area contributed by atoms with Gasteiger partial charge in [0.1, 0.15) is 11.6 Å². The minimum Gasteiger partial charge on any atom is -0.379 e. The summed E-state index contributed by atoms with van der Waals surface area (Å²) >= 11 is 0. The first-order chi connectivity index (χ1) is 9.74. The maximum atomic E-state index is 13.6. The van der Waals surface area contributed by atoms with Crippen molar-refractivity contribution in [3.8, 4) is 0 Å². The Kier molecular flexibility index (Phi) is 3.29. The van der Waals surface area contributed by atoms with Crippen molar-refractivity contribution in [2.75, 3.05) is 5.32 Å². The normalized spacial score (nSPS) is 10.7. The van der Waals surface area contributed by atoms with Gasteiger partial charge in [-0.3, -0.25) is 4.98 Å². The summed E-state index contributed by atoms with van der Waals surface area (Å²) in [4.78, 5) is 4.30. The first kappa shape index (κ1) is 12.5. The number of hydrogen-bond donors (Lipinski definition) is 1. The summed E-state index contributed by atoms with van der Waals surface area (Å²) in [6.07, 6.45) is 1.70. The van der Waals surface area contributed by atoms with Gasteiger partial charge in [0.05, 0.1) is 11.2 Å². The van der Waals surface area contributed by atoms with Crippen LogP contribution in [0.3, 0.4) is 0 Å². The van der Waals surface area contributed by atoms with Crippen LogP contribution in [-0.4, -0.2) is 4.98 Å². The van der Waals surface area contributed by atoms with Crippen LogP contribution in [0.5, 0.6) is 0 Å². The zero-order valence-electron chi connectivity index (χ0n) is 10.6. The molecule has 0 unspecified atom stereocenters. The van der Waals surface area contributed by atoms with Crippen LogP contribution >= 0.6 is 0 Å². The van der Waals surface area contributed by atoms with Crippen molar-refractivity contribution in [1.29, 1.82) is 0 Å². The van der Waals surface area contributed by atoms with Gasteiger partial charge >= 0.3 is 0 Å². The fraction of sp³-hybridized carbons (Fsp3) is 0.0625. The molecule has 0 aliphatic heterocycles. The van der Waals surface area contributed by atoms with E-state index >= 15 is 0 Å². The second-order valence-corrected chi connectivity index (χ2v) is 4.47. The minimum absolute atomic E-state index is 0.208. The maximum absolute atomic E-state index is 13.6. The van der Waals surface area contributed by atoms with Crippen LogP contribution in [0.15, 0.2) is 54.7 Å². The van der Waals surface area contributed by atoms with Crippen LogP contribution < -0.4 is 5.32 Å². The molecule has 20 heavy (non-hydrogen) atoms. The molecule has 0 spiro atoms. The van der Waals surface area contributed by atoms with Crippen LogP contribution in [0.4, 0.5) is 14.5 Å². The zero-order chi connectivity index (χ0) is 13.9. The van der Waals surface area contributed by atoms with E-state index in [0.29, 0.717) is 0 Å². The lowest BCUT2D eigenvalue weighted by atomic mass is 10.1. The summed E-state index contributed by atoms with van der Waals surface area (Å²) in [5.74, 6) is -0.869. The lowest BCUT2D eigenvalue weighted by molar-refractivity contribution is 0.587. The summed E-state index contributed by atoms with van der Waals surface area (Å²) in [5, 5.41) is 4.10. The lowest BCUT2D eigenvalue weighted by Crippen LogP contribution is -2.03. The van der Waals surface area contributed by atoms with Gasteiger partial charge in [0, 0.05) is 23.7 Å². The number of nitrogens with zero attached hydrogens (tertiary/aromatic N) is 1. The Morgan fingerprint density at radius 1 is 1.00 bits per heavy atom. The Hall–Kier alpha value is -2.49. The van der Waals surface area contributed by atoms with Gasteiger partial charge in [-0.15, -0.1) is 0 Å². The molecule has 1 N–H and O–H groups in total. The highest BCUT2D eigenvalue weighted by Gasteiger charge is 2.05. The quantitative estimate of drug-likeness (QED) is 0.774. The molecule has 0 saturated carbocycles. The highest BCUT2D eigenvalue weighted by molar-refractivity contribution is 5.90. The van der Waals surface area contributed by atoms with E-state index in [1.54, 1.807) is 6.20 Å².